The first kappa shape index (κ1) is 21.7. The van der Waals surface area contributed by atoms with E-state index in [0.717, 1.165) is 67.1 Å². The van der Waals surface area contributed by atoms with Gasteiger partial charge in [-0.15, -0.1) is 0 Å². The predicted octanol–water partition coefficient (Wildman–Crippen LogP) is 3.30. The molecule has 1 aromatic carbocycles. The molecule has 2 aromatic rings. The number of carbonyl (C=O) groups excluding carboxylic acids is 1. The maximum atomic E-state index is 12.2. The number of aromatic nitrogens is 2. The number of rotatable bonds is 3. The molecule has 0 unspecified atom stereocenters. The van der Waals surface area contributed by atoms with Gasteiger partial charge < -0.3 is 30.2 Å². The van der Waals surface area contributed by atoms with E-state index >= 15 is 0 Å². The van der Waals surface area contributed by atoms with Crippen molar-refractivity contribution in [1.82, 2.24) is 19.8 Å². The summed E-state index contributed by atoms with van der Waals surface area (Å²) in [4.78, 5) is 21.8. The number of nitrogens with zero attached hydrogens (tertiary/aromatic N) is 4. The van der Waals surface area contributed by atoms with Crippen molar-refractivity contribution in [3.63, 3.8) is 0 Å². The Morgan fingerprint density at radius 2 is 1.90 bits per heavy atom. The Bertz CT molecular complexity index is 955. The van der Waals surface area contributed by atoms with Crippen molar-refractivity contribution in [2.45, 2.75) is 64.6 Å². The summed E-state index contributed by atoms with van der Waals surface area (Å²) in [6, 6.07) is 4.61. The second-order valence-corrected chi connectivity index (χ2v) is 10.0. The molecule has 0 aliphatic carbocycles. The number of anilines is 2. The maximum Gasteiger partial charge on any atom is 0.407 e. The van der Waals surface area contributed by atoms with E-state index in [0.29, 0.717) is 12.6 Å². The zero-order valence-electron chi connectivity index (χ0n) is 19.4. The van der Waals surface area contributed by atoms with Crippen LogP contribution in [0.15, 0.2) is 12.1 Å². The molecule has 0 spiro atoms. The van der Waals surface area contributed by atoms with Crippen LogP contribution in [-0.4, -0.2) is 65.4 Å². The molecule has 2 saturated heterocycles. The molecule has 170 valence electrons. The first-order valence-corrected chi connectivity index (χ1v) is 11.3. The summed E-state index contributed by atoms with van der Waals surface area (Å²) in [6.07, 6.45) is 2.75. The molecule has 3 N–H and O–H groups in total. The van der Waals surface area contributed by atoms with Crippen LogP contribution in [0.1, 0.15) is 51.9 Å². The maximum absolute atomic E-state index is 12.2. The van der Waals surface area contributed by atoms with Gasteiger partial charge in [-0.05, 0) is 79.2 Å². The monoisotopic (exact) mass is 428 g/mol. The Kier molecular flexibility index (Phi) is 5.77. The topological polar surface area (TPSA) is 88.6 Å². The van der Waals surface area contributed by atoms with Crippen LogP contribution in [0.4, 0.5) is 16.2 Å². The molecule has 3 heterocycles. The number of likely N-dealkylation sites (tertiary alicyclic amines) is 1. The third-order valence-electron chi connectivity index (χ3n) is 6.32. The van der Waals surface area contributed by atoms with E-state index in [1.165, 1.54) is 0 Å². The number of carbonyl (C=O) groups is 1. The number of piperidine rings is 1. The van der Waals surface area contributed by atoms with E-state index in [1.54, 1.807) is 0 Å². The number of hydrogen-bond donors (Lipinski definition) is 2. The summed E-state index contributed by atoms with van der Waals surface area (Å²) in [5.74, 6) is 1.04. The molecule has 0 bridgehead atoms. The van der Waals surface area contributed by atoms with E-state index in [1.807, 2.05) is 26.8 Å². The zero-order chi connectivity index (χ0) is 22.3. The number of fused-ring (bicyclic) bond motifs is 1. The van der Waals surface area contributed by atoms with E-state index in [4.69, 9.17) is 15.5 Å². The fraction of sp³-hybridized carbons (Fsp3) is 0.652. The van der Waals surface area contributed by atoms with Gasteiger partial charge in [-0.1, -0.05) is 0 Å². The smallest absolute Gasteiger partial charge is 0.407 e. The first-order chi connectivity index (χ1) is 14.6. The third kappa shape index (κ3) is 4.59. The molecule has 1 atom stereocenters. The molecular weight excluding hydrogens is 392 g/mol. The van der Waals surface area contributed by atoms with Crippen molar-refractivity contribution in [3.05, 3.63) is 18.0 Å². The van der Waals surface area contributed by atoms with Crippen molar-refractivity contribution in [2.24, 2.45) is 0 Å². The van der Waals surface area contributed by atoms with Crippen molar-refractivity contribution >= 4 is 28.5 Å². The highest BCUT2D eigenvalue weighted by molar-refractivity contribution is 5.96. The van der Waals surface area contributed by atoms with E-state index in [-0.39, 0.29) is 12.1 Å². The lowest BCUT2D eigenvalue weighted by molar-refractivity contribution is 0.0509. The summed E-state index contributed by atoms with van der Waals surface area (Å²) in [5.41, 5.74) is 9.78. The molecular formula is C23H36N6O2. The highest BCUT2D eigenvalue weighted by Gasteiger charge is 2.30. The number of hydrogen-bond acceptors (Lipinski definition) is 6. The molecule has 8 heteroatoms. The fourth-order valence-electron chi connectivity index (χ4n) is 4.88. The van der Waals surface area contributed by atoms with Crippen LogP contribution in [0.25, 0.3) is 11.0 Å². The summed E-state index contributed by atoms with van der Waals surface area (Å²) in [6.45, 7) is 11.4. The highest BCUT2D eigenvalue weighted by Crippen LogP contribution is 2.37. The largest absolute Gasteiger partial charge is 0.444 e. The van der Waals surface area contributed by atoms with Gasteiger partial charge in [0.1, 0.15) is 16.9 Å². The lowest BCUT2D eigenvalue weighted by Crippen LogP contribution is -2.40. The fourth-order valence-corrected chi connectivity index (χ4v) is 4.88. The number of ether oxygens (including phenoxy) is 1. The van der Waals surface area contributed by atoms with Gasteiger partial charge in [-0.3, -0.25) is 0 Å². The molecule has 1 aromatic heterocycles. The van der Waals surface area contributed by atoms with Gasteiger partial charge >= 0.3 is 6.09 Å². The minimum Gasteiger partial charge on any atom is -0.444 e. The average molecular weight is 429 g/mol. The number of nitrogen functional groups attached to an aromatic ring is 1. The van der Waals surface area contributed by atoms with E-state index < -0.39 is 5.60 Å². The Balaban J connectivity index is 1.56. The third-order valence-corrected chi connectivity index (χ3v) is 6.32. The number of imidazole rings is 1. The Morgan fingerprint density at radius 1 is 1.19 bits per heavy atom. The molecule has 1 amide bonds. The second-order valence-electron chi connectivity index (χ2n) is 10.0. The lowest BCUT2D eigenvalue weighted by atomic mass is 10.0. The van der Waals surface area contributed by atoms with E-state index in [9.17, 15) is 4.79 Å². The van der Waals surface area contributed by atoms with Crippen molar-refractivity contribution in [3.8, 4) is 0 Å². The van der Waals surface area contributed by atoms with Gasteiger partial charge in [0.15, 0.2) is 0 Å². The molecule has 2 aliphatic heterocycles. The van der Waals surface area contributed by atoms with Crippen LogP contribution < -0.4 is 16.0 Å². The summed E-state index contributed by atoms with van der Waals surface area (Å²) in [7, 11) is 2.18. The summed E-state index contributed by atoms with van der Waals surface area (Å²) < 4.78 is 7.82. The van der Waals surface area contributed by atoms with Gasteiger partial charge in [-0.25, -0.2) is 9.78 Å². The predicted molar refractivity (Wildman–Crippen MR) is 125 cm³/mol. The zero-order valence-corrected chi connectivity index (χ0v) is 19.4. The summed E-state index contributed by atoms with van der Waals surface area (Å²) in [5, 5.41) is 3.00. The molecule has 2 fully saturated rings. The van der Waals surface area contributed by atoms with Crippen LogP contribution in [0.2, 0.25) is 0 Å². The van der Waals surface area contributed by atoms with Crippen molar-refractivity contribution in [2.75, 3.05) is 43.9 Å². The number of amides is 1. The second kappa shape index (κ2) is 8.22. The van der Waals surface area contributed by atoms with E-state index in [2.05, 4.69) is 39.7 Å². The first-order valence-electron chi connectivity index (χ1n) is 11.3. The molecule has 31 heavy (non-hydrogen) atoms. The van der Waals surface area contributed by atoms with Crippen LogP contribution >= 0.6 is 0 Å². The average Bonchev–Trinajstić information content (AvgIpc) is 3.24. The van der Waals surface area contributed by atoms with Gasteiger partial charge in [0.2, 0.25) is 0 Å². The Hall–Kier alpha value is -2.48. The number of nitrogens with two attached hydrogens (primary N) is 1. The quantitative estimate of drug-likeness (QED) is 0.730. The van der Waals surface area contributed by atoms with Gasteiger partial charge in [0.05, 0.1) is 22.9 Å². The summed E-state index contributed by atoms with van der Waals surface area (Å²) >= 11 is 0. The SMILES string of the molecule is Cc1nc2c(N3CC[C@H](NC(=O)OC(C)(C)C)C3)c(N)ccc2n1C1CCN(C)CC1. The number of alkyl carbamates (subject to hydrolysis) is 1. The lowest BCUT2D eigenvalue weighted by Gasteiger charge is -2.31. The number of benzene rings is 1. The molecule has 0 saturated carbocycles. The number of nitrogens with one attached hydrogen (secondary N) is 1. The normalized spacial score (nSPS) is 21.1. The molecule has 8 nitrogen and oxygen atoms in total. The van der Waals surface area contributed by atoms with Gasteiger partial charge in [0.25, 0.3) is 0 Å². The molecule has 2 aliphatic rings. The van der Waals surface area contributed by atoms with Gasteiger partial charge in [0, 0.05) is 19.1 Å². The van der Waals surface area contributed by atoms with Crippen LogP contribution in [0.5, 0.6) is 0 Å². The van der Waals surface area contributed by atoms with Crippen LogP contribution in [0, 0.1) is 6.92 Å². The standard InChI is InChI=1S/C23H36N6O2/c1-15-25-20-19(29(15)17-9-11-27(5)12-10-17)7-6-18(24)21(20)28-13-8-16(14-28)26-22(30)31-23(2,3)4/h6-7,16-17H,8-14,24H2,1-5H3,(H,26,30)/t16-/m0/s1. The highest BCUT2D eigenvalue weighted by atomic mass is 16.6. The van der Waals surface area contributed by atoms with Crippen molar-refractivity contribution < 1.29 is 9.53 Å². The minimum absolute atomic E-state index is 0.0292. The van der Waals surface area contributed by atoms with Crippen molar-refractivity contribution in [1.29, 1.82) is 0 Å². The Labute approximate surface area is 184 Å². The number of aryl methyl sites for hydroxylation is 1. The van der Waals surface area contributed by atoms with Crippen LogP contribution in [0.3, 0.4) is 0 Å². The molecule has 0 radical (unpaired) electrons. The Morgan fingerprint density at radius 3 is 2.58 bits per heavy atom. The van der Waals surface area contributed by atoms with Gasteiger partial charge in [-0.2, -0.15) is 0 Å². The minimum atomic E-state index is -0.503. The molecule has 4 rings (SSSR count). The van der Waals surface area contributed by atoms with Crippen LogP contribution in [-0.2, 0) is 4.74 Å².